The van der Waals surface area contributed by atoms with E-state index in [9.17, 15) is 0 Å². The maximum atomic E-state index is 6.33. The van der Waals surface area contributed by atoms with Crippen molar-refractivity contribution in [1.29, 1.82) is 0 Å². The summed E-state index contributed by atoms with van der Waals surface area (Å²) in [5, 5.41) is 0.843. The molecule has 1 aliphatic carbocycles. The Hall–Kier alpha value is -0.0900. The molecule has 19 heavy (non-hydrogen) atoms. The number of nitrogens with two attached hydrogens (primary N) is 1. The number of nitrogens with zero attached hydrogens (tertiary/aromatic N) is 1. The topological polar surface area (TPSA) is 29.3 Å². The minimum absolute atomic E-state index is 0.620. The first-order valence-corrected chi connectivity index (χ1v) is 8.20. The molecule has 0 amide bonds. The van der Waals surface area contributed by atoms with Crippen molar-refractivity contribution in [2.24, 2.45) is 11.7 Å². The first-order chi connectivity index (χ1) is 9.15. The van der Waals surface area contributed by atoms with Crippen molar-refractivity contribution in [1.82, 2.24) is 4.90 Å². The second kappa shape index (κ2) is 7.07. The van der Waals surface area contributed by atoms with Crippen LogP contribution < -0.4 is 5.73 Å². The van der Waals surface area contributed by atoms with Crippen molar-refractivity contribution in [2.45, 2.75) is 38.8 Å². The highest BCUT2D eigenvalue weighted by Gasteiger charge is 2.30. The van der Waals surface area contributed by atoms with Crippen LogP contribution in [0.2, 0.25) is 5.02 Å². The Bertz CT molecular complexity index is 425. The quantitative estimate of drug-likeness (QED) is 0.872. The van der Waals surface area contributed by atoms with Gasteiger partial charge in [0.15, 0.2) is 0 Å². The Morgan fingerprint density at radius 3 is 2.84 bits per heavy atom. The molecular formula is C15H22BrClN2. The molecule has 0 spiro atoms. The van der Waals surface area contributed by atoms with Crippen LogP contribution in [0.5, 0.6) is 0 Å². The Balaban J connectivity index is 2.10. The predicted octanol–water partition coefficient (Wildman–Crippen LogP) is 4.05. The highest BCUT2D eigenvalue weighted by molar-refractivity contribution is 9.10. The summed E-state index contributed by atoms with van der Waals surface area (Å²) < 4.78 is 1.03. The van der Waals surface area contributed by atoms with Crippen LogP contribution in [0.3, 0.4) is 0 Å². The lowest BCUT2D eigenvalue weighted by Gasteiger charge is -2.32. The molecule has 2 N–H and O–H groups in total. The van der Waals surface area contributed by atoms with Crippen LogP contribution in [0.4, 0.5) is 0 Å². The van der Waals surface area contributed by atoms with Gasteiger partial charge in [-0.2, -0.15) is 0 Å². The van der Waals surface area contributed by atoms with Gasteiger partial charge in [-0.05, 0) is 49.5 Å². The number of benzene rings is 1. The van der Waals surface area contributed by atoms with Crippen LogP contribution >= 0.6 is 27.5 Å². The highest BCUT2D eigenvalue weighted by atomic mass is 79.9. The van der Waals surface area contributed by atoms with Gasteiger partial charge in [-0.3, -0.25) is 4.90 Å². The lowest BCUT2D eigenvalue weighted by atomic mass is 10.0. The Kier molecular flexibility index (Phi) is 5.70. The highest BCUT2D eigenvalue weighted by Crippen LogP contribution is 2.31. The molecule has 2 nitrogen and oxygen atoms in total. The Morgan fingerprint density at radius 2 is 2.21 bits per heavy atom. The molecule has 1 saturated carbocycles. The van der Waals surface area contributed by atoms with E-state index >= 15 is 0 Å². The van der Waals surface area contributed by atoms with Gasteiger partial charge in [-0.1, -0.05) is 46.9 Å². The molecule has 2 unspecified atom stereocenters. The second-order valence-corrected chi connectivity index (χ2v) is 6.62. The molecule has 2 atom stereocenters. The standard InChI is InChI=1S/C15H22BrClN2/c1-2-19(15-5-3-4-11(15)9-18)10-12-6-7-13(16)8-14(12)17/h6-8,11,15H,2-5,9-10,18H2,1H3. The van der Waals surface area contributed by atoms with Crippen LogP contribution in [0.25, 0.3) is 0 Å². The minimum atomic E-state index is 0.620. The van der Waals surface area contributed by atoms with Crippen LogP contribution in [0, 0.1) is 5.92 Å². The SMILES string of the molecule is CCN(Cc1ccc(Br)cc1Cl)C1CCCC1CN. The summed E-state index contributed by atoms with van der Waals surface area (Å²) in [6.07, 6.45) is 3.84. The normalized spacial score (nSPS) is 23.2. The van der Waals surface area contributed by atoms with E-state index in [2.05, 4.69) is 39.9 Å². The monoisotopic (exact) mass is 344 g/mol. The van der Waals surface area contributed by atoms with Gasteiger partial charge in [-0.15, -0.1) is 0 Å². The van der Waals surface area contributed by atoms with Crippen molar-refractivity contribution in [3.8, 4) is 0 Å². The van der Waals surface area contributed by atoms with Gasteiger partial charge >= 0.3 is 0 Å². The summed E-state index contributed by atoms with van der Waals surface area (Å²) in [4.78, 5) is 2.53. The lowest BCUT2D eigenvalue weighted by molar-refractivity contribution is 0.162. The summed E-state index contributed by atoms with van der Waals surface area (Å²) in [6, 6.07) is 6.76. The van der Waals surface area contributed by atoms with Gasteiger partial charge in [0.25, 0.3) is 0 Å². The zero-order chi connectivity index (χ0) is 13.8. The average molecular weight is 346 g/mol. The lowest BCUT2D eigenvalue weighted by Crippen LogP contribution is -2.39. The minimum Gasteiger partial charge on any atom is -0.330 e. The largest absolute Gasteiger partial charge is 0.330 e. The van der Waals surface area contributed by atoms with Crippen molar-refractivity contribution < 1.29 is 0 Å². The van der Waals surface area contributed by atoms with E-state index in [0.29, 0.717) is 12.0 Å². The van der Waals surface area contributed by atoms with E-state index < -0.39 is 0 Å². The molecule has 0 saturated heterocycles. The second-order valence-electron chi connectivity index (χ2n) is 5.29. The molecule has 1 aromatic carbocycles. The first kappa shape index (κ1) is 15.3. The molecule has 0 aromatic heterocycles. The van der Waals surface area contributed by atoms with Crippen LogP contribution in [-0.4, -0.2) is 24.0 Å². The summed E-state index contributed by atoms with van der Waals surface area (Å²) in [6.45, 7) is 4.99. The fourth-order valence-corrected chi connectivity index (χ4v) is 3.84. The van der Waals surface area contributed by atoms with Gasteiger partial charge < -0.3 is 5.73 Å². The van der Waals surface area contributed by atoms with E-state index in [1.807, 2.05) is 6.07 Å². The van der Waals surface area contributed by atoms with E-state index in [-0.39, 0.29) is 0 Å². The molecule has 1 fully saturated rings. The third-order valence-electron chi connectivity index (χ3n) is 4.19. The average Bonchev–Trinajstić information content (AvgIpc) is 2.86. The smallest absolute Gasteiger partial charge is 0.0462 e. The summed E-state index contributed by atoms with van der Waals surface area (Å²) in [5.74, 6) is 0.647. The summed E-state index contributed by atoms with van der Waals surface area (Å²) in [7, 11) is 0. The van der Waals surface area contributed by atoms with E-state index in [0.717, 1.165) is 29.1 Å². The Morgan fingerprint density at radius 1 is 1.42 bits per heavy atom. The molecule has 0 radical (unpaired) electrons. The molecular weight excluding hydrogens is 324 g/mol. The fourth-order valence-electron chi connectivity index (χ4n) is 3.11. The predicted molar refractivity (Wildman–Crippen MR) is 85.4 cm³/mol. The summed E-state index contributed by atoms with van der Waals surface area (Å²) >= 11 is 9.78. The number of halogens is 2. The van der Waals surface area contributed by atoms with Crippen LogP contribution in [0.15, 0.2) is 22.7 Å². The first-order valence-electron chi connectivity index (χ1n) is 7.03. The maximum absolute atomic E-state index is 6.33. The molecule has 1 aromatic rings. The molecule has 0 aliphatic heterocycles. The molecule has 1 aliphatic rings. The van der Waals surface area contributed by atoms with E-state index in [4.69, 9.17) is 17.3 Å². The van der Waals surface area contributed by atoms with Crippen molar-refractivity contribution >= 4 is 27.5 Å². The van der Waals surface area contributed by atoms with Crippen LogP contribution in [0.1, 0.15) is 31.7 Å². The molecule has 4 heteroatoms. The molecule has 0 bridgehead atoms. The van der Waals surface area contributed by atoms with Gasteiger partial charge in [0.05, 0.1) is 0 Å². The third-order valence-corrected chi connectivity index (χ3v) is 5.03. The van der Waals surface area contributed by atoms with Gasteiger partial charge in [0, 0.05) is 22.1 Å². The third kappa shape index (κ3) is 3.72. The van der Waals surface area contributed by atoms with E-state index in [1.54, 1.807) is 0 Å². The molecule has 106 valence electrons. The number of rotatable bonds is 5. The van der Waals surface area contributed by atoms with Gasteiger partial charge in [0.2, 0.25) is 0 Å². The maximum Gasteiger partial charge on any atom is 0.0462 e. The van der Waals surface area contributed by atoms with Gasteiger partial charge in [-0.25, -0.2) is 0 Å². The van der Waals surface area contributed by atoms with Gasteiger partial charge in [0.1, 0.15) is 0 Å². The van der Waals surface area contributed by atoms with Crippen molar-refractivity contribution in [3.05, 3.63) is 33.3 Å². The van der Waals surface area contributed by atoms with E-state index in [1.165, 1.54) is 24.8 Å². The Labute approximate surface area is 129 Å². The zero-order valence-corrected chi connectivity index (χ0v) is 13.8. The molecule has 2 rings (SSSR count). The fraction of sp³-hybridized carbons (Fsp3) is 0.600. The van der Waals surface area contributed by atoms with Crippen molar-refractivity contribution in [3.63, 3.8) is 0 Å². The summed E-state index contributed by atoms with van der Waals surface area (Å²) in [5.41, 5.74) is 7.10. The zero-order valence-electron chi connectivity index (χ0n) is 11.4. The number of hydrogen-bond acceptors (Lipinski definition) is 2. The van der Waals surface area contributed by atoms with Crippen LogP contribution in [-0.2, 0) is 6.54 Å². The molecule has 0 heterocycles. The number of hydrogen-bond donors (Lipinski definition) is 1. The van der Waals surface area contributed by atoms with Crippen molar-refractivity contribution in [2.75, 3.05) is 13.1 Å².